The van der Waals surface area contributed by atoms with Crippen LogP contribution in [0.3, 0.4) is 0 Å². The highest BCUT2D eigenvalue weighted by atomic mass is 16.2. The van der Waals surface area contributed by atoms with Gasteiger partial charge in [0.15, 0.2) is 0 Å². The lowest BCUT2D eigenvalue weighted by atomic mass is 9.78. The van der Waals surface area contributed by atoms with Crippen LogP contribution in [0.4, 0.5) is 0 Å². The fourth-order valence-electron chi connectivity index (χ4n) is 3.84. The van der Waals surface area contributed by atoms with Crippen LogP contribution in [0.25, 0.3) is 33.0 Å². The molecule has 1 aliphatic carbocycles. The highest BCUT2D eigenvalue weighted by Gasteiger charge is 2.33. The first kappa shape index (κ1) is 14.8. The SMILES string of the molecule is O=C1C(=O)c2ccc3ccccc3c2-c2c1cccc2-c1ccccc1. The summed E-state index contributed by atoms with van der Waals surface area (Å²) in [5.74, 6) is -0.857. The molecule has 0 heterocycles. The first-order valence-electron chi connectivity index (χ1n) is 8.55. The van der Waals surface area contributed by atoms with Crippen LogP contribution in [0.5, 0.6) is 0 Å². The van der Waals surface area contributed by atoms with Crippen molar-refractivity contribution in [1.82, 2.24) is 0 Å². The Morgan fingerprint density at radius 3 is 1.92 bits per heavy atom. The Balaban J connectivity index is 1.97. The zero-order chi connectivity index (χ0) is 17.7. The second-order valence-corrected chi connectivity index (χ2v) is 6.46. The molecule has 0 amide bonds. The van der Waals surface area contributed by atoms with Crippen molar-refractivity contribution in [2.45, 2.75) is 0 Å². The van der Waals surface area contributed by atoms with Crippen LogP contribution in [0.1, 0.15) is 20.7 Å². The number of carbonyl (C=O) groups excluding carboxylic acids is 2. The summed E-state index contributed by atoms with van der Waals surface area (Å²) in [6, 6.07) is 27.3. The lowest BCUT2D eigenvalue weighted by Gasteiger charge is -2.23. The molecule has 5 rings (SSSR count). The topological polar surface area (TPSA) is 34.1 Å². The average Bonchev–Trinajstić information content (AvgIpc) is 2.71. The normalized spacial score (nSPS) is 12.8. The molecule has 0 fully saturated rings. The van der Waals surface area contributed by atoms with Crippen molar-refractivity contribution in [3.8, 4) is 22.3 Å². The zero-order valence-electron chi connectivity index (χ0n) is 13.9. The molecule has 4 aromatic carbocycles. The molecule has 0 saturated heterocycles. The van der Waals surface area contributed by atoms with Crippen molar-refractivity contribution in [2.75, 3.05) is 0 Å². The highest BCUT2D eigenvalue weighted by Crippen LogP contribution is 2.43. The number of benzene rings is 4. The Morgan fingerprint density at radius 1 is 0.462 bits per heavy atom. The van der Waals surface area contributed by atoms with Crippen molar-refractivity contribution >= 4 is 22.3 Å². The highest BCUT2D eigenvalue weighted by molar-refractivity contribution is 6.54. The predicted molar refractivity (Wildman–Crippen MR) is 103 cm³/mol. The van der Waals surface area contributed by atoms with E-state index >= 15 is 0 Å². The van der Waals surface area contributed by atoms with Crippen LogP contribution in [0.15, 0.2) is 84.9 Å². The van der Waals surface area contributed by atoms with Crippen molar-refractivity contribution in [3.05, 3.63) is 96.1 Å². The van der Waals surface area contributed by atoms with E-state index in [2.05, 4.69) is 0 Å². The molecule has 0 bridgehead atoms. The number of fused-ring (bicyclic) bond motifs is 5. The maximum absolute atomic E-state index is 12.7. The average molecular weight is 334 g/mol. The van der Waals surface area contributed by atoms with Gasteiger partial charge in [-0.1, -0.05) is 78.9 Å². The summed E-state index contributed by atoms with van der Waals surface area (Å²) in [7, 11) is 0. The Morgan fingerprint density at radius 2 is 1.12 bits per heavy atom. The standard InChI is InChI=1S/C24H14O2/c25-23-19-12-6-11-18(15-7-2-1-3-8-15)21(19)22-17-10-5-4-9-16(17)13-14-20(22)24(23)26/h1-14H. The van der Waals surface area contributed by atoms with Gasteiger partial charge in [0.25, 0.3) is 0 Å². The van der Waals surface area contributed by atoms with Crippen molar-refractivity contribution in [3.63, 3.8) is 0 Å². The van der Waals surface area contributed by atoms with Gasteiger partial charge in [-0.05, 0) is 28.0 Å². The zero-order valence-corrected chi connectivity index (χ0v) is 13.9. The monoisotopic (exact) mass is 334 g/mol. The maximum Gasteiger partial charge on any atom is 0.234 e. The van der Waals surface area contributed by atoms with E-state index in [4.69, 9.17) is 0 Å². The fourth-order valence-corrected chi connectivity index (χ4v) is 3.84. The van der Waals surface area contributed by atoms with Gasteiger partial charge in [-0.2, -0.15) is 0 Å². The molecule has 0 radical (unpaired) electrons. The third kappa shape index (κ3) is 1.99. The Bertz CT molecular complexity index is 1200. The molecule has 4 aromatic rings. The molecular formula is C24H14O2. The van der Waals surface area contributed by atoms with Crippen LogP contribution >= 0.6 is 0 Å². The van der Waals surface area contributed by atoms with Crippen LogP contribution in [0, 0.1) is 0 Å². The van der Waals surface area contributed by atoms with Crippen LogP contribution < -0.4 is 0 Å². The minimum atomic E-state index is -0.430. The van der Waals surface area contributed by atoms with Crippen LogP contribution in [-0.4, -0.2) is 11.6 Å². The summed E-state index contributed by atoms with van der Waals surface area (Å²) in [6.45, 7) is 0. The summed E-state index contributed by atoms with van der Waals surface area (Å²) in [4.78, 5) is 25.5. The predicted octanol–water partition coefficient (Wildman–Crippen LogP) is 5.55. The molecule has 0 unspecified atom stereocenters. The lowest BCUT2D eigenvalue weighted by Crippen LogP contribution is -2.21. The lowest BCUT2D eigenvalue weighted by molar-refractivity contribution is 0.0815. The van der Waals surface area contributed by atoms with E-state index in [0.29, 0.717) is 11.1 Å². The van der Waals surface area contributed by atoms with Crippen molar-refractivity contribution in [2.24, 2.45) is 0 Å². The van der Waals surface area contributed by atoms with E-state index in [-0.39, 0.29) is 0 Å². The molecule has 0 aliphatic heterocycles. The van der Waals surface area contributed by atoms with Crippen molar-refractivity contribution in [1.29, 1.82) is 0 Å². The molecule has 0 atom stereocenters. The van der Waals surface area contributed by atoms with Gasteiger partial charge in [0.1, 0.15) is 0 Å². The third-order valence-corrected chi connectivity index (χ3v) is 5.02. The molecule has 26 heavy (non-hydrogen) atoms. The van der Waals surface area contributed by atoms with Gasteiger partial charge < -0.3 is 0 Å². The van der Waals surface area contributed by atoms with Crippen LogP contribution in [0.2, 0.25) is 0 Å². The van der Waals surface area contributed by atoms with E-state index in [1.54, 1.807) is 12.1 Å². The largest absolute Gasteiger partial charge is 0.285 e. The van der Waals surface area contributed by atoms with Gasteiger partial charge in [0.2, 0.25) is 11.6 Å². The Kier molecular flexibility index (Phi) is 3.13. The van der Waals surface area contributed by atoms with E-state index in [0.717, 1.165) is 33.0 Å². The smallest absolute Gasteiger partial charge is 0.234 e. The number of hydrogen-bond donors (Lipinski definition) is 0. The maximum atomic E-state index is 12.7. The summed E-state index contributed by atoms with van der Waals surface area (Å²) in [5, 5.41) is 2.05. The number of hydrogen-bond acceptors (Lipinski definition) is 2. The molecule has 2 nitrogen and oxygen atoms in total. The first-order valence-corrected chi connectivity index (χ1v) is 8.55. The van der Waals surface area contributed by atoms with Crippen LogP contribution in [-0.2, 0) is 0 Å². The molecule has 122 valence electrons. The van der Waals surface area contributed by atoms with Gasteiger partial charge in [-0.3, -0.25) is 9.59 Å². The first-order chi connectivity index (χ1) is 12.8. The quantitative estimate of drug-likeness (QED) is 0.428. The van der Waals surface area contributed by atoms with E-state index in [9.17, 15) is 9.59 Å². The second-order valence-electron chi connectivity index (χ2n) is 6.46. The molecule has 0 spiro atoms. The molecule has 1 aliphatic rings. The minimum Gasteiger partial charge on any atom is -0.285 e. The Hall–Kier alpha value is -3.52. The molecule has 0 N–H and O–H groups in total. The summed E-state index contributed by atoms with van der Waals surface area (Å²) in [5.41, 5.74) is 4.70. The third-order valence-electron chi connectivity index (χ3n) is 5.02. The summed E-state index contributed by atoms with van der Waals surface area (Å²) in [6.07, 6.45) is 0. The van der Waals surface area contributed by atoms with E-state index in [1.165, 1.54) is 0 Å². The molecule has 2 heteroatoms. The van der Waals surface area contributed by atoms with Gasteiger partial charge in [-0.15, -0.1) is 0 Å². The van der Waals surface area contributed by atoms with Gasteiger partial charge in [-0.25, -0.2) is 0 Å². The second kappa shape index (κ2) is 5.50. The number of Topliss-reactive ketones (excluding diaryl/α,β-unsaturated/α-hetero) is 2. The Labute approximate surface area is 150 Å². The van der Waals surface area contributed by atoms with Crippen molar-refractivity contribution < 1.29 is 9.59 Å². The number of rotatable bonds is 1. The van der Waals surface area contributed by atoms with E-state index in [1.807, 2.05) is 72.8 Å². The molecule has 0 aromatic heterocycles. The van der Waals surface area contributed by atoms with Gasteiger partial charge in [0.05, 0.1) is 0 Å². The molecule has 0 saturated carbocycles. The summed E-state index contributed by atoms with van der Waals surface area (Å²) < 4.78 is 0. The fraction of sp³-hybridized carbons (Fsp3) is 0. The van der Waals surface area contributed by atoms with E-state index < -0.39 is 11.6 Å². The molecular weight excluding hydrogens is 320 g/mol. The minimum absolute atomic E-state index is 0.427. The van der Waals surface area contributed by atoms with Gasteiger partial charge >= 0.3 is 0 Å². The summed E-state index contributed by atoms with van der Waals surface area (Å²) >= 11 is 0. The number of carbonyl (C=O) groups is 2. The van der Waals surface area contributed by atoms with Gasteiger partial charge in [0, 0.05) is 22.3 Å². The number of ketones is 2.